The summed E-state index contributed by atoms with van der Waals surface area (Å²) in [7, 11) is 0. The van der Waals surface area contributed by atoms with E-state index in [1.807, 2.05) is 18.1 Å². The lowest BCUT2D eigenvalue weighted by atomic mass is 9.92. The second-order valence-corrected chi connectivity index (χ2v) is 6.27. The second kappa shape index (κ2) is 7.07. The molecule has 0 radical (unpaired) electrons. The van der Waals surface area contributed by atoms with Gasteiger partial charge in [0.05, 0.1) is 6.20 Å². The molecule has 0 aromatic carbocycles. The highest BCUT2D eigenvalue weighted by atomic mass is 32.2. The van der Waals surface area contributed by atoms with Crippen molar-refractivity contribution in [1.82, 2.24) is 9.88 Å². The summed E-state index contributed by atoms with van der Waals surface area (Å²) in [6.07, 6.45) is 5.12. The number of pyridine rings is 1. The Morgan fingerprint density at radius 2 is 2.20 bits per heavy atom. The Hall–Kier alpha value is -1.10. The molecule has 0 saturated carbocycles. The molecule has 1 aliphatic heterocycles. The number of rotatable bonds is 4. The Labute approximate surface area is 124 Å². The minimum absolute atomic E-state index is 0.0884. The third kappa shape index (κ3) is 3.72. The van der Waals surface area contributed by atoms with Crippen molar-refractivity contribution in [1.29, 1.82) is 0 Å². The predicted molar refractivity (Wildman–Crippen MR) is 80.3 cm³/mol. The number of nitrogens with zero attached hydrogens (tertiary/aromatic N) is 2. The monoisotopic (exact) mass is 296 g/mol. The summed E-state index contributed by atoms with van der Waals surface area (Å²) in [4.78, 5) is 18.3. The van der Waals surface area contributed by atoms with Crippen molar-refractivity contribution in [3.8, 4) is 0 Å². The highest BCUT2D eigenvalue weighted by Gasteiger charge is 2.26. The molecular formula is C15H21FN2OS. The van der Waals surface area contributed by atoms with Crippen LogP contribution in [0.1, 0.15) is 31.4 Å². The predicted octanol–water partition coefficient (Wildman–Crippen LogP) is 2.93. The molecule has 0 aliphatic carbocycles. The molecule has 1 aromatic heterocycles. The zero-order chi connectivity index (χ0) is 14.5. The van der Waals surface area contributed by atoms with Crippen LogP contribution in [0.2, 0.25) is 0 Å². The van der Waals surface area contributed by atoms with Crippen molar-refractivity contribution in [2.75, 3.05) is 25.1 Å². The molecular weight excluding hydrogens is 275 g/mol. The van der Waals surface area contributed by atoms with Crippen molar-refractivity contribution >= 4 is 17.7 Å². The van der Waals surface area contributed by atoms with E-state index >= 15 is 0 Å². The topological polar surface area (TPSA) is 33.2 Å². The largest absolute Gasteiger partial charge is 0.342 e. The first-order chi connectivity index (χ1) is 9.61. The fraction of sp³-hybridized carbons (Fsp3) is 0.600. The van der Waals surface area contributed by atoms with Gasteiger partial charge in [0, 0.05) is 36.4 Å². The Bertz CT molecular complexity index is 444. The fourth-order valence-electron chi connectivity index (χ4n) is 2.66. The number of piperidine rings is 1. The van der Waals surface area contributed by atoms with Crippen molar-refractivity contribution in [3.63, 3.8) is 0 Å². The molecule has 20 heavy (non-hydrogen) atoms. The molecule has 1 saturated heterocycles. The third-order valence-corrected chi connectivity index (χ3v) is 4.65. The lowest BCUT2D eigenvalue weighted by molar-refractivity contribution is -0.135. The zero-order valence-corrected chi connectivity index (χ0v) is 12.8. The Balaban J connectivity index is 1.89. The first-order valence-corrected chi connectivity index (χ1v) is 8.40. The van der Waals surface area contributed by atoms with Gasteiger partial charge in [-0.2, -0.15) is 11.8 Å². The molecule has 1 amide bonds. The summed E-state index contributed by atoms with van der Waals surface area (Å²) < 4.78 is 12.9. The van der Waals surface area contributed by atoms with E-state index in [0.29, 0.717) is 5.92 Å². The second-order valence-electron chi connectivity index (χ2n) is 5.36. The average Bonchev–Trinajstić information content (AvgIpc) is 2.48. The van der Waals surface area contributed by atoms with Crippen molar-refractivity contribution in [3.05, 3.63) is 29.8 Å². The van der Waals surface area contributed by atoms with E-state index in [9.17, 15) is 9.18 Å². The van der Waals surface area contributed by atoms with Crippen molar-refractivity contribution < 1.29 is 9.18 Å². The maximum Gasteiger partial charge on any atom is 0.226 e. The van der Waals surface area contributed by atoms with Gasteiger partial charge in [0.2, 0.25) is 5.91 Å². The molecule has 0 bridgehead atoms. The van der Waals surface area contributed by atoms with Gasteiger partial charge in [0.25, 0.3) is 0 Å². The zero-order valence-electron chi connectivity index (χ0n) is 12.0. The van der Waals surface area contributed by atoms with Gasteiger partial charge in [-0.25, -0.2) is 4.39 Å². The maximum absolute atomic E-state index is 12.9. The Morgan fingerprint density at radius 3 is 2.75 bits per heavy atom. The number of carbonyl (C=O) groups is 1. The summed E-state index contributed by atoms with van der Waals surface area (Å²) in [5, 5.41) is 0. The highest BCUT2D eigenvalue weighted by Crippen LogP contribution is 2.27. The number of aromatic nitrogens is 1. The molecule has 1 atom stereocenters. The first-order valence-electron chi connectivity index (χ1n) is 7.01. The highest BCUT2D eigenvalue weighted by molar-refractivity contribution is 7.98. The van der Waals surface area contributed by atoms with Gasteiger partial charge in [-0.3, -0.25) is 9.78 Å². The SMILES string of the molecule is CSCC(C)C(=O)N1CCC(c2ccc(F)cn2)CC1. The molecule has 0 spiro atoms. The normalized spacial score (nSPS) is 18.1. The van der Waals surface area contributed by atoms with Crippen molar-refractivity contribution in [2.45, 2.75) is 25.7 Å². The fourth-order valence-corrected chi connectivity index (χ4v) is 3.30. The van der Waals surface area contributed by atoms with E-state index in [4.69, 9.17) is 0 Å². The smallest absolute Gasteiger partial charge is 0.226 e. The van der Waals surface area contributed by atoms with Gasteiger partial charge in [-0.15, -0.1) is 0 Å². The lowest BCUT2D eigenvalue weighted by Gasteiger charge is -2.33. The molecule has 1 unspecified atom stereocenters. The van der Waals surface area contributed by atoms with Gasteiger partial charge < -0.3 is 4.90 Å². The van der Waals surface area contributed by atoms with E-state index in [2.05, 4.69) is 4.98 Å². The molecule has 1 fully saturated rings. The third-order valence-electron chi connectivity index (χ3n) is 3.81. The summed E-state index contributed by atoms with van der Waals surface area (Å²) in [6.45, 7) is 3.55. The van der Waals surface area contributed by atoms with E-state index < -0.39 is 0 Å². The van der Waals surface area contributed by atoms with Gasteiger partial charge in [-0.1, -0.05) is 6.92 Å². The van der Waals surface area contributed by atoms with Crippen LogP contribution in [0.15, 0.2) is 18.3 Å². The van der Waals surface area contributed by atoms with E-state index in [0.717, 1.165) is 37.4 Å². The molecule has 0 N–H and O–H groups in total. The van der Waals surface area contributed by atoms with Crippen LogP contribution in [0.3, 0.4) is 0 Å². The van der Waals surface area contributed by atoms with E-state index in [-0.39, 0.29) is 17.6 Å². The minimum Gasteiger partial charge on any atom is -0.342 e. The first kappa shape index (κ1) is 15.3. The number of halogens is 1. The van der Waals surface area contributed by atoms with Crippen LogP contribution < -0.4 is 0 Å². The number of hydrogen-bond donors (Lipinski definition) is 0. The van der Waals surface area contributed by atoms with Gasteiger partial charge >= 0.3 is 0 Å². The van der Waals surface area contributed by atoms with Crippen LogP contribution in [0.5, 0.6) is 0 Å². The summed E-state index contributed by atoms with van der Waals surface area (Å²) >= 11 is 1.71. The van der Waals surface area contributed by atoms with Crippen LogP contribution in [0.25, 0.3) is 0 Å². The average molecular weight is 296 g/mol. The minimum atomic E-state index is -0.299. The summed E-state index contributed by atoms with van der Waals surface area (Å²) in [6, 6.07) is 3.22. The van der Waals surface area contributed by atoms with Crippen LogP contribution in [0, 0.1) is 11.7 Å². The standard InChI is InChI=1S/C15H21FN2OS/c1-11(10-20-2)15(19)18-7-5-12(6-8-18)14-4-3-13(16)9-17-14/h3-4,9,11-12H,5-8,10H2,1-2H3. The van der Waals surface area contributed by atoms with Crippen LogP contribution in [-0.4, -0.2) is 40.9 Å². The van der Waals surface area contributed by atoms with E-state index in [1.54, 1.807) is 17.8 Å². The van der Waals surface area contributed by atoms with Gasteiger partial charge in [0.15, 0.2) is 0 Å². The van der Waals surface area contributed by atoms with Crippen LogP contribution >= 0.6 is 11.8 Å². The molecule has 2 rings (SSSR count). The Morgan fingerprint density at radius 1 is 1.50 bits per heavy atom. The van der Waals surface area contributed by atoms with E-state index in [1.165, 1.54) is 12.3 Å². The maximum atomic E-state index is 12.9. The number of amides is 1. The Kier molecular flexibility index (Phi) is 5.40. The number of thioether (sulfide) groups is 1. The summed E-state index contributed by atoms with van der Waals surface area (Å²) in [5.74, 6) is 1.26. The molecule has 1 aromatic rings. The quantitative estimate of drug-likeness (QED) is 0.856. The molecule has 1 aliphatic rings. The number of hydrogen-bond acceptors (Lipinski definition) is 3. The van der Waals surface area contributed by atoms with Crippen LogP contribution in [0.4, 0.5) is 4.39 Å². The molecule has 3 nitrogen and oxygen atoms in total. The lowest BCUT2D eigenvalue weighted by Crippen LogP contribution is -2.41. The molecule has 2 heterocycles. The van der Waals surface area contributed by atoms with Gasteiger partial charge in [-0.05, 0) is 31.2 Å². The summed E-state index contributed by atoms with van der Waals surface area (Å²) in [5.41, 5.74) is 0.940. The molecule has 5 heteroatoms. The molecule has 110 valence electrons. The van der Waals surface area contributed by atoms with Gasteiger partial charge in [0.1, 0.15) is 5.82 Å². The number of carbonyl (C=O) groups excluding carboxylic acids is 1. The van der Waals surface area contributed by atoms with Crippen LogP contribution in [-0.2, 0) is 4.79 Å². The number of likely N-dealkylation sites (tertiary alicyclic amines) is 1. The van der Waals surface area contributed by atoms with Crippen molar-refractivity contribution in [2.24, 2.45) is 5.92 Å².